The second-order valence-electron chi connectivity index (χ2n) is 5.50. The summed E-state index contributed by atoms with van der Waals surface area (Å²) in [4.78, 5) is 16.2. The Hall–Kier alpha value is -2.88. The van der Waals surface area contributed by atoms with Gasteiger partial charge in [-0.2, -0.15) is 0 Å². The second kappa shape index (κ2) is 6.48. The van der Waals surface area contributed by atoms with Crippen molar-refractivity contribution in [2.24, 2.45) is 0 Å². The minimum atomic E-state index is -0.174. The fourth-order valence-electron chi connectivity index (χ4n) is 2.39. The summed E-state index contributed by atoms with van der Waals surface area (Å²) in [5.41, 5.74) is 4.99. The van der Waals surface area contributed by atoms with Gasteiger partial charge in [-0.15, -0.1) is 0 Å². The fraction of sp³-hybridized carbons (Fsp3) is 0.158. The Morgan fingerprint density at radius 3 is 2.83 bits per heavy atom. The number of nitrogens with zero attached hydrogens (tertiary/aromatic N) is 1. The number of hydrogen-bond acceptors (Lipinski definition) is 3. The summed E-state index contributed by atoms with van der Waals surface area (Å²) in [7, 11) is 0. The molecule has 1 N–H and O–H groups in total. The Morgan fingerprint density at radius 1 is 1.22 bits per heavy atom. The number of nitrogens with one attached hydrogen (secondary N) is 1. The maximum Gasteiger partial charge on any atom is 0.244 e. The highest BCUT2D eigenvalue weighted by Gasteiger charge is 2.03. The molecule has 116 valence electrons. The zero-order chi connectivity index (χ0) is 16.2. The fourth-order valence-corrected chi connectivity index (χ4v) is 2.39. The lowest BCUT2D eigenvalue weighted by molar-refractivity contribution is -0.116. The molecule has 0 aliphatic rings. The highest BCUT2D eigenvalue weighted by atomic mass is 16.3. The second-order valence-corrected chi connectivity index (χ2v) is 5.50. The van der Waals surface area contributed by atoms with E-state index in [1.54, 1.807) is 6.08 Å². The summed E-state index contributed by atoms with van der Waals surface area (Å²) in [5.74, 6) is 0.250. The van der Waals surface area contributed by atoms with E-state index in [0.29, 0.717) is 18.0 Å². The van der Waals surface area contributed by atoms with Gasteiger partial charge >= 0.3 is 0 Å². The number of carbonyl (C=O) groups is 1. The van der Waals surface area contributed by atoms with Gasteiger partial charge < -0.3 is 9.73 Å². The predicted octanol–water partition coefficient (Wildman–Crippen LogP) is 3.77. The van der Waals surface area contributed by atoms with E-state index in [-0.39, 0.29) is 5.91 Å². The molecule has 0 aliphatic carbocycles. The standard InChI is InChI=1S/C19H18N2O2/c1-13-7-8-15(14(2)11-13)12-20-18(22)9-10-19-21-16-5-3-4-6-17(16)23-19/h3-11H,12H2,1-2H3,(H,20,22)/b10-9+. The van der Waals surface area contributed by atoms with Crippen LogP contribution in [-0.4, -0.2) is 10.9 Å². The highest BCUT2D eigenvalue weighted by Crippen LogP contribution is 2.15. The van der Waals surface area contributed by atoms with E-state index in [4.69, 9.17) is 4.42 Å². The number of aromatic nitrogens is 1. The van der Waals surface area contributed by atoms with E-state index in [2.05, 4.69) is 23.3 Å². The Balaban J connectivity index is 1.62. The quantitative estimate of drug-likeness (QED) is 0.746. The lowest BCUT2D eigenvalue weighted by Crippen LogP contribution is -2.20. The summed E-state index contributed by atoms with van der Waals surface area (Å²) in [6.07, 6.45) is 3.02. The van der Waals surface area contributed by atoms with Crippen LogP contribution in [0.25, 0.3) is 17.2 Å². The van der Waals surface area contributed by atoms with Crippen LogP contribution in [0.3, 0.4) is 0 Å². The number of rotatable bonds is 4. The molecular weight excluding hydrogens is 288 g/mol. The van der Waals surface area contributed by atoms with Gasteiger partial charge in [0.05, 0.1) is 0 Å². The van der Waals surface area contributed by atoms with Crippen molar-refractivity contribution in [3.63, 3.8) is 0 Å². The molecule has 1 amide bonds. The molecule has 23 heavy (non-hydrogen) atoms. The van der Waals surface area contributed by atoms with Crippen LogP contribution in [0.1, 0.15) is 22.6 Å². The van der Waals surface area contributed by atoms with Gasteiger partial charge in [0.1, 0.15) is 5.52 Å². The third-order valence-corrected chi connectivity index (χ3v) is 3.64. The molecule has 3 rings (SSSR count). The van der Waals surface area contributed by atoms with Gasteiger partial charge in [-0.1, -0.05) is 35.9 Å². The number of para-hydroxylation sites is 2. The third kappa shape index (κ3) is 3.66. The van der Waals surface area contributed by atoms with Gasteiger partial charge in [-0.25, -0.2) is 4.98 Å². The average Bonchev–Trinajstić information content (AvgIpc) is 2.95. The first-order chi connectivity index (χ1) is 11.1. The van der Waals surface area contributed by atoms with Gasteiger partial charge in [0.2, 0.25) is 11.8 Å². The van der Waals surface area contributed by atoms with Crippen molar-refractivity contribution in [3.05, 3.63) is 71.1 Å². The van der Waals surface area contributed by atoms with Gasteiger partial charge in [0.25, 0.3) is 0 Å². The van der Waals surface area contributed by atoms with Crippen molar-refractivity contribution >= 4 is 23.1 Å². The molecule has 0 radical (unpaired) electrons. The van der Waals surface area contributed by atoms with Crippen LogP contribution in [0.2, 0.25) is 0 Å². The zero-order valence-corrected chi connectivity index (χ0v) is 13.2. The van der Waals surface area contributed by atoms with Gasteiger partial charge in [0, 0.05) is 18.7 Å². The van der Waals surface area contributed by atoms with E-state index >= 15 is 0 Å². The molecule has 1 heterocycles. The molecule has 1 aromatic heterocycles. The van der Waals surface area contributed by atoms with Crippen LogP contribution in [0.4, 0.5) is 0 Å². The van der Waals surface area contributed by atoms with Crippen LogP contribution in [0, 0.1) is 13.8 Å². The molecule has 0 aliphatic heterocycles. The molecule has 0 fully saturated rings. The Kier molecular flexibility index (Phi) is 4.24. The zero-order valence-electron chi connectivity index (χ0n) is 13.2. The number of oxazole rings is 1. The van der Waals surface area contributed by atoms with Crippen molar-refractivity contribution < 1.29 is 9.21 Å². The number of amides is 1. The largest absolute Gasteiger partial charge is 0.437 e. The summed E-state index contributed by atoms with van der Waals surface area (Å²) in [5, 5.41) is 2.87. The molecule has 0 unspecified atom stereocenters. The van der Waals surface area contributed by atoms with Crippen molar-refractivity contribution in [2.75, 3.05) is 0 Å². The minimum Gasteiger partial charge on any atom is -0.437 e. The molecule has 4 heteroatoms. The number of hydrogen-bond donors (Lipinski definition) is 1. The molecule has 0 spiro atoms. The van der Waals surface area contributed by atoms with Gasteiger partial charge in [0.15, 0.2) is 5.58 Å². The maximum absolute atomic E-state index is 11.9. The molecule has 4 nitrogen and oxygen atoms in total. The molecular formula is C19H18N2O2. The van der Waals surface area contributed by atoms with Crippen LogP contribution in [0.15, 0.2) is 53.0 Å². The Bertz CT molecular complexity index is 845. The summed E-state index contributed by atoms with van der Waals surface area (Å²) < 4.78 is 5.54. The maximum atomic E-state index is 11.9. The Labute approximate surface area is 134 Å². The first kappa shape index (κ1) is 15.0. The topological polar surface area (TPSA) is 55.1 Å². The highest BCUT2D eigenvalue weighted by molar-refractivity contribution is 5.91. The van der Waals surface area contributed by atoms with E-state index in [1.807, 2.05) is 43.3 Å². The summed E-state index contributed by atoms with van der Waals surface area (Å²) in [6, 6.07) is 13.7. The average molecular weight is 306 g/mol. The number of benzene rings is 2. The van der Waals surface area contributed by atoms with Crippen molar-refractivity contribution in [1.82, 2.24) is 10.3 Å². The van der Waals surface area contributed by atoms with E-state index in [0.717, 1.165) is 11.1 Å². The molecule has 2 aromatic carbocycles. The molecule has 0 atom stereocenters. The number of fused-ring (bicyclic) bond motifs is 1. The molecule has 0 bridgehead atoms. The van der Waals surface area contributed by atoms with E-state index in [9.17, 15) is 4.79 Å². The van der Waals surface area contributed by atoms with E-state index < -0.39 is 0 Å². The first-order valence-corrected chi connectivity index (χ1v) is 7.49. The summed E-state index contributed by atoms with van der Waals surface area (Å²) in [6.45, 7) is 4.60. The summed E-state index contributed by atoms with van der Waals surface area (Å²) >= 11 is 0. The molecule has 0 saturated carbocycles. The third-order valence-electron chi connectivity index (χ3n) is 3.64. The van der Waals surface area contributed by atoms with Gasteiger partial charge in [-0.05, 0) is 37.1 Å². The van der Waals surface area contributed by atoms with Gasteiger partial charge in [-0.3, -0.25) is 4.79 Å². The predicted molar refractivity (Wildman–Crippen MR) is 90.8 cm³/mol. The Morgan fingerprint density at radius 2 is 2.04 bits per heavy atom. The molecule has 3 aromatic rings. The van der Waals surface area contributed by atoms with Crippen LogP contribution in [0.5, 0.6) is 0 Å². The van der Waals surface area contributed by atoms with Crippen LogP contribution < -0.4 is 5.32 Å². The monoisotopic (exact) mass is 306 g/mol. The first-order valence-electron chi connectivity index (χ1n) is 7.49. The van der Waals surface area contributed by atoms with Crippen molar-refractivity contribution in [3.8, 4) is 0 Å². The minimum absolute atomic E-state index is 0.174. The SMILES string of the molecule is Cc1ccc(CNC(=O)/C=C/c2nc3ccccc3o2)c(C)c1. The number of aryl methyl sites for hydroxylation is 2. The number of carbonyl (C=O) groups excluding carboxylic acids is 1. The van der Waals surface area contributed by atoms with Crippen LogP contribution in [-0.2, 0) is 11.3 Å². The lowest BCUT2D eigenvalue weighted by Gasteiger charge is -2.07. The van der Waals surface area contributed by atoms with E-state index in [1.165, 1.54) is 17.2 Å². The lowest BCUT2D eigenvalue weighted by atomic mass is 10.1. The van der Waals surface area contributed by atoms with Crippen molar-refractivity contribution in [1.29, 1.82) is 0 Å². The van der Waals surface area contributed by atoms with Crippen LogP contribution >= 0.6 is 0 Å². The van der Waals surface area contributed by atoms with Crippen molar-refractivity contribution in [2.45, 2.75) is 20.4 Å². The normalized spacial score (nSPS) is 11.2. The smallest absolute Gasteiger partial charge is 0.244 e. The molecule has 0 saturated heterocycles.